The Morgan fingerprint density at radius 1 is 0.800 bits per heavy atom. The van der Waals surface area contributed by atoms with E-state index in [4.69, 9.17) is 0 Å². The van der Waals surface area contributed by atoms with Gasteiger partial charge in [-0.3, -0.25) is 4.79 Å². The molecule has 0 atom stereocenters. The van der Waals surface area contributed by atoms with Crippen LogP contribution in [0.2, 0.25) is 5.82 Å². The second kappa shape index (κ2) is 12.6. The van der Waals surface area contributed by atoms with Crippen LogP contribution < -0.4 is 5.32 Å². The summed E-state index contributed by atoms with van der Waals surface area (Å²) in [5.41, 5.74) is 0.954. The largest absolute Gasteiger partial charge is 0.339 e. The minimum absolute atomic E-state index is 0.215. The molecule has 25 heavy (non-hydrogen) atoms. The van der Waals surface area contributed by atoms with E-state index in [1.807, 2.05) is 0 Å². The lowest BCUT2D eigenvalue weighted by Crippen LogP contribution is -2.29. The normalized spacial score (nSPS) is 21.9. The summed E-state index contributed by atoms with van der Waals surface area (Å²) < 4.78 is 0. The van der Waals surface area contributed by atoms with Gasteiger partial charge in [-0.15, -0.1) is 0 Å². The Kier molecular flexibility index (Phi) is 10.4. The highest BCUT2D eigenvalue weighted by atomic mass is 16.1. The van der Waals surface area contributed by atoms with Crippen LogP contribution in [0.5, 0.6) is 0 Å². The molecule has 2 rings (SSSR count). The molecular weight excluding hydrogens is 305 g/mol. The van der Waals surface area contributed by atoms with Crippen LogP contribution in [0.1, 0.15) is 109 Å². The molecule has 0 aromatic heterocycles. The van der Waals surface area contributed by atoms with Crippen molar-refractivity contribution < 1.29 is 4.79 Å². The van der Waals surface area contributed by atoms with Gasteiger partial charge in [0.1, 0.15) is 0 Å². The van der Waals surface area contributed by atoms with Gasteiger partial charge in [0.25, 0.3) is 0 Å². The molecule has 0 aliphatic heterocycles. The molecule has 1 N–H and O–H groups in total. The van der Waals surface area contributed by atoms with Crippen molar-refractivity contribution in [2.24, 2.45) is 5.92 Å². The Morgan fingerprint density at radius 2 is 1.28 bits per heavy atom. The molecule has 0 saturated heterocycles. The van der Waals surface area contributed by atoms with E-state index in [0.717, 1.165) is 18.0 Å². The summed E-state index contributed by atoms with van der Waals surface area (Å²) in [6.45, 7) is 4.13. The third kappa shape index (κ3) is 9.51. The van der Waals surface area contributed by atoms with Gasteiger partial charge >= 0.3 is 0 Å². The van der Waals surface area contributed by atoms with E-state index in [9.17, 15) is 4.79 Å². The van der Waals surface area contributed by atoms with Crippen molar-refractivity contribution in [3.05, 3.63) is 12.3 Å². The third-order valence-electron chi connectivity index (χ3n) is 6.34. The molecule has 0 aromatic carbocycles. The van der Waals surface area contributed by atoms with E-state index >= 15 is 0 Å². The van der Waals surface area contributed by atoms with Crippen molar-refractivity contribution in [3.63, 3.8) is 0 Å². The molecule has 142 valence electrons. The summed E-state index contributed by atoms with van der Waals surface area (Å²) in [6, 6.07) is 0. The molecule has 1 amide bonds. The van der Waals surface area contributed by atoms with Crippen LogP contribution in [0.15, 0.2) is 12.3 Å². The number of amides is 1. The highest BCUT2D eigenvalue weighted by Crippen LogP contribution is 2.27. The molecule has 3 heteroatoms. The molecule has 0 heterocycles. The maximum absolute atomic E-state index is 12.4. The van der Waals surface area contributed by atoms with Crippen LogP contribution in [0, 0.1) is 5.92 Å². The summed E-state index contributed by atoms with van der Waals surface area (Å²) in [7, 11) is 0.711. The van der Waals surface area contributed by atoms with Crippen LogP contribution >= 0.6 is 0 Å². The Hall–Kier alpha value is -0.725. The van der Waals surface area contributed by atoms with Crippen molar-refractivity contribution in [2.45, 2.75) is 115 Å². The van der Waals surface area contributed by atoms with Gasteiger partial charge in [0.15, 0.2) is 5.81 Å². The molecule has 0 radical (unpaired) electrons. The topological polar surface area (TPSA) is 29.1 Å². The van der Waals surface area contributed by atoms with Crippen LogP contribution in [0.25, 0.3) is 0 Å². The maximum Gasteiger partial charge on any atom is 0.237 e. The van der Waals surface area contributed by atoms with Crippen LogP contribution in [0.4, 0.5) is 4.79 Å². The maximum atomic E-state index is 12.4. The average molecular weight is 345 g/mol. The Morgan fingerprint density at radius 3 is 1.84 bits per heavy atom. The standard InChI is InChI=1S/C22H40BNO/c1-19(17-18-20-13-9-5-4-6-10-14-20)24-22(25)23-21-15-11-7-2-3-8-12-16-21/h20-21,23H,1-18H2,(H,24,25). The van der Waals surface area contributed by atoms with Gasteiger partial charge in [-0.2, -0.15) is 0 Å². The van der Waals surface area contributed by atoms with Crippen molar-refractivity contribution >= 4 is 13.1 Å². The van der Waals surface area contributed by atoms with E-state index in [1.165, 1.54) is 103 Å². The molecular formula is C22H40BNO. The first-order chi connectivity index (χ1) is 12.2. The quantitative estimate of drug-likeness (QED) is 0.533. The lowest BCUT2D eigenvalue weighted by Gasteiger charge is -2.20. The molecule has 2 aliphatic carbocycles. The van der Waals surface area contributed by atoms with Crippen LogP contribution in [0.3, 0.4) is 0 Å². The predicted octanol–water partition coefficient (Wildman–Crippen LogP) is 6.71. The van der Waals surface area contributed by atoms with E-state index < -0.39 is 0 Å². The highest BCUT2D eigenvalue weighted by Gasteiger charge is 2.18. The number of rotatable bonds is 6. The Labute approximate surface area is 156 Å². The third-order valence-corrected chi connectivity index (χ3v) is 6.34. The average Bonchev–Trinajstić information content (AvgIpc) is 2.68. The molecule has 0 unspecified atom stereocenters. The van der Waals surface area contributed by atoms with Gasteiger partial charge in [0, 0.05) is 5.70 Å². The van der Waals surface area contributed by atoms with Gasteiger partial charge in [0.05, 0.1) is 0 Å². The molecule has 2 saturated carbocycles. The van der Waals surface area contributed by atoms with Crippen LogP contribution in [-0.4, -0.2) is 13.1 Å². The van der Waals surface area contributed by atoms with Gasteiger partial charge in [-0.25, -0.2) is 0 Å². The number of allylic oxidation sites excluding steroid dienone is 1. The van der Waals surface area contributed by atoms with Gasteiger partial charge in [-0.1, -0.05) is 109 Å². The highest BCUT2D eigenvalue weighted by molar-refractivity contribution is 6.74. The molecule has 2 fully saturated rings. The van der Waals surface area contributed by atoms with Crippen molar-refractivity contribution in [3.8, 4) is 0 Å². The Balaban J connectivity index is 1.63. The first-order valence-electron chi connectivity index (χ1n) is 11.2. The first-order valence-corrected chi connectivity index (χ1v) is 11.2. The Bertz CT molecular complexity index is 377. The minimum Gasteiger partial charge on any atom is -0.339 e. The second-order valence-corrected chi connectivity index (χ2v) is 8.67. The fourth-order valence-electron chi connectivity index (χ4n) is 4.70. The second-order valence-electron chi connectivity index (χ2n) is 8.67. The summed E-state index contributed by atoms with van der Waals surface area (Å²) in [5, 5.41) is 3.11. The number of hydrogen-bond donors (Lipinski definition) is 1. The first kappa shape index (κ1) is 20.6. The molecule has 0 bridgehead atoms. The lowest BCUT2D eigenvalue weighted by molar-refractivity contribution is 0.260. The van der Waals surface area contributed by atoms with Crippen molar-refractivity contribution in [1.82, 2.24) is 5.32 Å². The molecule has 0 aromatic rings. The van der Waals surface area contributed by atoms with E-state index in [1.54, 1.807) is 0 Å². The summed E-state index contributed by atoms with van der Waals surface area (Å²) in [4.78, 5) is 12.4. The summed E-state index contributed by atoms with van der Waals surface area (Å²) in [6.07, 6.45) is 22.5. The fraction of sp³-hybridized carbons (Fsp3) is 0.864. The van der Waals surface area contributed by atoms with E-state index in [2.05, 4.69) is 11.9 Å². The van der Waals surface area contributed by atoms with E-state index in [0.29, 0.717) is 13.1 Å². The summed E-state index contributed by atoms with van der Waals surface area (Å²) >= 11 is 0. The van der Waals surface area contributed by atoms with Gasteiger partial charge in [-0.05, 0) is 18.8 Å². The molecule has 2 aliphatic rings. The number of nitrogens with one attached hydrogen (secondary N) is 1. The monoisotopic (exact) mass is 345 g/mol. The zero-order valence-corrected chi connectivity index (χ0v) is 16.5. The van der Waals surface area contributed by atoms with Crippen LogP contribution in [-0.2, 0) is 0 Å². The van der Waals surface area contributed by atoms with E-state index in [-0.39, 0.29) is 5.81 Å². The smallest absolute Gasteiger partial charge is 0.237 e. The number of carbonyl (C=O) groups excluding carboxylic acids is 1. The molecule has 2 nitrogen and oxygen atoms in total. The lowest BCUT2D eigenvalue weighted by atomic mass is 9.60. The SMILES string of the molecule is C=C(CCC1CCCCCCC1)NC(=O)BC1CCCCCCCC1. The number of hydrogen-bond acceptors (Lipinski definition) is 1. The predicted molar refractivity (Wildman–Crippen MR) is 111 cm³/mol. The summed E-state index contributed by atoms with van der Waals surface area (Å²) in [5.74, 6) is 1.66. The van der Waals surface area contributed by atoms with Gasteiger partial charge < -0.3 is 5.32 Å². The number of carbonyl (C=O) groups is 1. The van der Waals surface area contributed by atoms with Gasteiger partial charge in [0.2, 0.25) is 7.28 Å². The minimum atomic E-state index is 0.215. The van der Waals surface area contributed by atoms with Crippen molar-refractivity contribution in [1.29, 1.82) is 0 Å². The molecule has 0 spiro atoms. The van der Waals surface area contributed by atoms with Crippen molar-refractivity contribution in [2.75, 3.05) is 0 Å². The zero-order valence-electron chi connectivity index (χ0n) is 16.5. The fourth-order valence-corrected chi connectivity index (χ4v) is 4.70. The zero-order chi connectivity index (χ0) is 17.7.